The van der Waals surface area contributed by atoms with E-state index in [0.717, 1.165) is 10.5 Å². The Bertz CT molecular complexity index is 1060. The minimum Gasteiger partial charge on any atom is -0.489 e. The van der Waals surface area contributed by atoms with Crippen LogP contribution in [0.5, 0.6) is 5.75 Å². The zero-order valence-electron chi connectivity index (χ0n) is 19.7. The third-order valence-electron chi connectivity index (χ3n) is 5.00. The first-order chi connectivity index (χ1) is 16.7. The summed E-state index contributed by atoms with van der Waals surface area (Å²) in [5.74, 6) is 0.0371. The SMILES string of the molecule is CCOC(=O)CCN1C(=O)NC(Nc2ccc(OC(C)C)c(Cl)c2)N(Cc2ccc(Cl)cc2)C1=O. The van der Waals surface area contributed by atoms with Crippen molar-refractivity contribution in [1.29, 1.82) is 0 Å². The molecule has 9 nitrogen and oxygen atoms in total. The maximum Gasteiger partial charge on any atom is 0.331 e. The van der Waals surface area contributed by atoms with E-state index in [1.54, 1.807) is 49.4 Å². The van der Waals surface area contributed by atoms with E-state index in [9.17, 15) is 14.4 Å². The summed E-state index contributed by atoms with van der Waals surface area (Å²) in [4.78, 5) is 40.3. The molecule has 1 aliphatic heterocycles. The second-order valence-corrected chi connectivity index (χ2v) is 8.90. The van der Waals surface area contributed by atoms with Gasteiger partial charge in [0.05, 0.1) is 30.7 Å². The van der Waals surface area contributed by atoms with Crippen LogP contribution in [0.15, 0.2) is 42.5 Å². The fraction of sp³-hybridized carbons (Fsp3) is 0.375. The predicted molar refractivity (Wildman–Crippen MR) is 134 cm³/mol. The van der Waals surface area contributed by atoms with Crippen LogP contribution >= 0.6 is 23.2 Å². The van der Waals surface area contributed by atoms with Crippen LogP contribution in [0.25, 0.3) is 0 Å². The van der Waals surface area contributed by atoms with Gasteiger partial charge in [0.1, 0.15) is 5.75 Å². The van der Waals surface area contributed by atoms with Gasteiger partial charge in [0.2, 0.25) is 0 Å². The lowest BCUT2D eigenvalue weighted by molar-refractivity contribution is -0.143. The molecular formula is C24H28Cl2N4O5. The highest BCUT2D eigenvalue weighted by Gasteiger charge is 2.38. The third-order valence-corrected chi connectivity index (χ3v) is 5.55. The molecule has 35 heavy (non-hydrogen) atoms. The maximum atomic E-state index is 13.3. The lowest BCUT2D eigenvalue weighted by Crippen LogP contribution is -2.67. The number of rotatable bonds is 10. The number of halogens is 2. The second kappa shape index (κ2) is 12.0. The number of carbonyl (C=O) groups excluding carboxylic acids is 3. The average Bonchev–Trinajstić information content (AvgIpc) is 2.79. The number of anilines is 1. The standard InChI is InChI=1S/C24H28Cl2N4O5/c1-4-34-21(31)11-12-29-23(32)28-22(27-18-9-10-20(19(26)13-18)35-15(2)3)30(24(29)33)14-16-5-7-17(25)8-6-16/h5-10,13,15,22,27H,4,11-12,14H2,1-3H3,(H,28,32). The molecule has 1 saturated heterocycles. The minimum absolute atomic E-state index is 0.0444. The van der Waals surface area contributed by atoms with Crippen molar-refractivity contribution < 1.29 is 23.9 Å². The number of ether oxygens (including phenoxy) is 2. The van der Waals surface area contributed by atoms with Crippen LogP contribution in [0.2, 0.25) is 10.0 Å². The van der Waals surface area contributed by atoms with E-state index >= 15 is 0 Å². The Labute approximate surface area is 214 Å². The first-order valence-corrected chi connectivity index (χ1v) is 11.9. The lowest BCUT2D eigenvalue weighted by Gasteiger charge is -2.41. The molecule has 3 rings (SSSR count). The zero-order chi connectivity index (χ0) is 25.5. The summed E-state index contributed by atoms with van der Waals surface area (Å²) in [5, 5.41) is 6.87. The number of amides is 4. The zero-order valence-corrected chi connectivity index (χ0v) is 21.2. The highest BCUT2D eigenvalue weighted by atomic mass is 35.5. The van der Waals surface area contributed by atoms with Gasteiger partial charge in [-0.3, -0.25) is 15.0 Å². The van der Waals surface area contributed by atoms with E-state index in [4.69, 9.17) is 32.7 Å². The topological polar surface area (TPSA) is 100 Å². The molecule has 2 aromatic rings. The Morgan fingerprint density at radius 1 is 1.14 bits per heavy atom. The maximum absolute atomic E-state index is 13.3. The van der Waals surface area contributed by atoms with Gasteiger partial charge in [0.25, 0.3) is 0 Å². The highest BCUT2D eigenvalue weighted by molar-refractivity contribution is 6.32. The first-order valence-electron chi connectivity index (χ1n) is 11.2. The van der Waals surface area contributed by atoms with E-state index < -0.39 is 24.3 Å². The van der Waals surface area contributed by atoms with E-state index in [1.165, 1.54) is 4.90 Å². The van der Waals surface area contributed by atoms with Crippen LogP contribution < -0.4 is 15.4 Å². The molecule has 0 spiro atoms. The van der Waals surface area contributed by atoms with E-state index in [2.05, 4.69) is 10.6 Å². The molecule has 2 aromatic carbocycles. The molecule has 1 unspecified atom stereocenters. The van der Waals surface area contributed by atoms with Crippen LogP contribution in [0.4, 0.5) is 15.3 Å². The number of benzene rings is 2. The molecule has 188 valence electrons. The van der Waals surface area contributed by atoms with E-state index in [-0.39, 0.29) is 32.2 Å². The first kappa shape index (κ1) is 26.4. The fourth-order valence-electron chi connectivity index (χ4n) is 3.42. The van der Waals surface area contributed by atoms with Gasteiger partial charge in [0, 0.05) is 17.3 Å². The van der Waals surface area contributed by atoms with Gasteiger partial charge >= 0.3 is 18.0 Å². The highest BCUT2D eigenvalue weighted by Crippen LogP contribution is 2.29. The van der Waals surface area contributed by atoms with Crippen molar-refractivity contribution in [3.8, 4) is 5.75 Å². The smallest absolute Gasteiger partial charge is 0.331 e. The van der Waals surface area contributed by atoms with E-state index in [0.29, 0.717) is 21.5 Å². The molecule has 1 aliphatic rings. The molecule has 0 saturated carbocycles. The lowest BCUT2D eigenvalue weighted by atomic mass is 10.2. The van der Waals surface area contributed by atoms with Gasteiger partial charge in [-0.2, -0.15) is 0 Å². The van der Waals surface area contributed by atoms with Gasteiger partial charge in [-0.15, -0.1) is 0 Å². The fourth-order valence-corrected chi connectivity index (χ4v) is 3.77. The van der Waals surface area contributed by atoms with Crippen molar-refractivity contribution >= 4 is 46.9 Å². The third kappa shape index (κ3) is 7.16. The van der Waals surface area contributed by atoms with Crippen molar-refractivity contribution in [2.75, 3.05) is 18.5 Å². The quantitative estimate of drug-likeness (QED) is 0.422. The normalized spacial score (nSPS) is 15.8. The predicted octanol–water partition coefficient (Wildman–Crippen LogP) is 5.08. The Hall–Kier alpha value is -3.17. The molecule has 0 bridgehead atoms. The average molecular weight is 523 g/mol. The van der Waals surface area contributed by atoms with Crippen molar-refractivity contribution in [2.24, 2.45) is 0 Å². The number of urea groups is 2. The van der Waals surface area contributed by atoms with Gasteiger partial charge in [-0.25, -0.2) is 14.5 Å². The molecular weight excluding hydrogens is 495 g/mol. The summed E-state index contributed by atoms with van der Waals surface area (Å²) in [6.07, 6.45) is -1.03. The molecule has 4 amide bonds. The largest absolute Gasteiger partial charge is 0.489 e. The molecule has 0 aromatic heterocycles. The number of esters is 1. The summed E-state index contributed by atoms with van der Waals surface area (Å²) in [6.45, 7) is 5.76. The van der Waals surface area contributed by atoms with Crippen LogP contribution in [-0.4, -0.2) is 53.4 Å². The molecule has 1 atom stereocenters. The summed E-state index contributed by atoms with van der Waals surface area (Å²) >= 11 is 12.3. The Morgan fingerprint density at radius 2 is 1.86 bits per heavy atom. The number of nitrogens with one attached hydrogen (secondary N) is 2. The summed E-state index contributed by atoms with van der Waals surface area (Å²) in [6, 6.07) is 11.0. The molecule has 1 fully saturated rings. The van der Waals surface area contributed by atoms with Gasteiger partial charge in [-0.1, -0.05) is 35.3 Å². The monoisotopic (exact) mass is 522 g/mol. The number of hydrogen-bond donors (Lipinski definition) is 2. The molecule has 11 heteroatoms. The molecule has 2 N–H and O–H groups in total. The van der Waals surface area contributed by atoms with Crippen LogP contribution in [0.3, 0.4) is 0 Å². The van der Waals surface area contributed by atoms with Crippen LogP contribution in [-0.2, 0) is 16.1 Å². The Kier molecular flexibility index (Phi) is 9.06. The van der Waals surface area contributed by atoms with Crippen molar-refractivity contribution in [3.05, 3.63) is 58.1 Å². The van der Waals surface area contributed by atoms with E-state index in [1.807, 2.05) is 13.8 Å². The summed E-state index contributed by atoms with van der Waals surface area (Å²) < 4.78 is 10.6. The number of hydrogen-bond acceptors (Lipinski definition) is 6. The number of imide groups is 1. The molecule has 0 radical (unpaired) electrons. The van der Waals surface area contributed by atoms with Crippen molar-refractivity contribution in [2.45, 2.75) is 46.1 Å². The number of carbonyl (C=O) groups is 3. The van der Waals surface area contributed by atoms with Gasteiger partial charge in [0.15, 0.2) is 6.29 Å². The van der Waals surface area contributed by atoms with Crippen molar-refractivity contribution in [1.82, 2.24) is 15.1 Å². The second-order valence-electron chi connectivity index (χ2n) is 8.05. The summed E-state index contributed by atoms with van der Waals surface area (Å²) in [5.41, 5.74) is 1.38. The molecule has 1 heterocycles. The number of nitrogens with zero attached hydrogens (tertiary/aromatic N) is 2. The van der Waals surface area contributed by atoms with Crippen LogP contribution in [0, 0.1) is 0 Å². The molecule has 0 aliphatic carbocycles. The van der Waals surface area contributed by atoms with Gasteiger partial charge in [-0.05, 0) is 56.7 Å². The summed E-state index contributed by atoms with van der Waals surface area (Å²) in [7, 11) is 0. The Balaban J connectivity index is 1.82. The minimum atomic E-state index is -0.877. The van der Waals surface area contributed by atoms with Crippen LogP contribution in [0.1, 0.15) is 32.8 Å². The van der Waals surface area contributed by atoms with Gasteiger partial charge < -0.3 is 14.8 Å². The Morgan fingerprint density at radius 3 is 2.49 bits per heavy atom. The van der Waals surface area contributed by atoms with Crippen molar-refractivity contribution in [3.63, 3.8) is 0 Å².